The molecule has 2 aromatic carbocycles. The van der Waals surface area contributed by atoms with E-state index in [1.807, 2.05) is 30.3 Å². The van der Waals surface area contributed by atoms with Gasteiger partial charge in [-0.3, -0.25) is 4.98 Å². The van der Waals surface area contributed by atoms with Crippen LogP contribution in [0.25, 0.3) is 21.9 Å². The van der Waals surface area contributed by atoms with E-state index in [-0.39, 0.29) is 6.10 Å². The van der Waals surface area contributed by atoms with Crippen LogP contribution in [0.5, 0.6) is 11.5 Å². The molecule has 4 aromatic rings. The van der Waals surface area contributed by atoms with Crippen molar-refractivity contribution in [1.82, 2.24) is 9.88 Å². The van der Waals surface area contributed by atoms with Crippen LogP contribution in [0.2, 0.25) is 5.02 Å². The smallest absolute Gasteiger partial charge is 0.158 e. The van der Waals surface area contributed by atoms with E-state index in [4.69, 9.17) is 30.2 Å². The first-order valence-corrected chi connectivity index (χ1v) is 13.8. The molecular weight excluding hydrogens is 516 g/mol. The minimum absolute atomic E-state index is 0.0123. The van der Waals surface area contributed by atoms with Gasteiger partial charge in [0, 0.05) is 36.6 Å². The molecule has 2 aromatic heterocycles. The predicted octanol–water partition coefficient (Wildman–Crippen LogP) is 6.53. The zero-order valence-electron chi connectivity index (χ0n) is 21.9. The molecule has 2 fully saturated rings. The van der Waals surface area contributed by atoms with Gasteiger partial charge in [0.1, 0.15) is 29.4 Å². The number of aromatic nitrogens is 1. The third-order valence-electron chi connectivity index (χ3n) is 7.63. The molecule has 39 heavy (non-hydrogen) atoms. The quantitative estimate of drug-likeness (QED) is 0.280. The Morgan fingerprint density at radius 3 is 2.74 bits per heavy atom. The van der Waals surface area contributed by atoms with Gasteiger partial charge in [0.05, 0.1) is 53.3 Å². The van der Waals surface area contributed by atoms with Crippen molar-refractivity contribution in [2.45, 2.75) is 31.8 Å². The third-order valence-corrected chi connectivity index (χ3v) is 7.95. The number of ether oxygens (including phenoxy) is 3. The lowest BCUT2D eigenvalue weighted by molar-refractivity contribution is 0.0261. The SMILES string of the molecule is CN1CCC(COc2cc(OC3CCOCC3)c3c(Nc4c(Cl)ccc5ccoc45)c(C#N)cnc3c2)CC1. The second-order valence-electron chi connectivity index (χ2n) is 10.3. The summed E-state index contributed by atoms with van der Waals surface area (Å²) in [5.41, 5.74) is 2.81. The number of furan rings is 1. The average molecular weight is 547 g/mol. The van der Waals surface area contributed by atoms with Gasteiger partial charge < -0.3 is 28.8 Å². The average Bonchev–Trinajstić information content (AvgIpc) is 3.44. The molecule has 202 valence electrons. The van der Waals surface area contributed by atoms with E-state index < -0.39 is 0 Å². The normalized spacial score (nSPS) is 17.4. The summed E-state index contributed by atoms with van der Waals surface area (Å²) >= 11 is 6.61. The summed E-state index contributed by atoms with van der Waals surface area (Å²) in [6.07, 6.45) is 6.98. The number of fused-ring (bicyclic) bond motifs is 2. The molecule has 2 aliphatic heterocycles. The Morgan fingerprint density at radius 1 is 1.13 bits per heavy atom. The number of benzene rings is 2. The number of likely N-dealkylation sites (tertiary alicyclic amines) is 1. The molecule has 8 nitrogen and oxygen atoms in total. The number of rotatable bonds is 7. The molecule has 0 saturated carbocycles. The molecule has 0 bridgehead atoms. The summed E-state index contributed by atoms with van der Waals surface area (Å²) in [4.78, 5) is 6.99. The maximum Gasteiger partial charge on any atom is 0.158 e. The zero-order chi connectivity index (χ0) is 26.8. The van der Waals surface area contributed by atoms with Crippen LogP contribution < -0.4 is 14.8 Å². The van der Waals surface area contributed by atoms with Crippen molar-refractivity contribution in [1.29, 1.82) is 5.26 Å². The van der Waals surface area contributed by atoms with Crippen molar-refractivity contribution in [3.05, 3.63) is 53.4 Å². The molecule has 0 aliphatic carbocycles. The van der Waals surface area contributed by atoms with Crippen LogP contribution in [0.1, 0.15) is 31.2 Å². The minimum Gasteiger partial charge on any atom is -0.493 e. The number of nitriles is 1. The fourth-order valence-electron chi connectivity index (χ4n) is 5.32. The van der Waals surface area contributed by atoms with Crippen LogP contribution in [-0.4, -0.2) is 55.9 Å². The number of nitrogens with zero attached hydrogens (tertiary/aromatic N) is 3. The molecule has 6 rings (SSSR count). The van der Waals surface area contributed by atoms with Crippen LogP contribution in [0.15, 0.2) is 47.2 Å². The lowest BCUT2D eigenvalue weighted by Crippen LogP contribution is -2.32. The number of piperidine rings is 1. The highest BCUT2D eigenvalue weighted by Gasteiger charge is 2.23. The molecule has 2 aliphatic rings. The maximum atomic E-state index is 10.0. The number of hydrogen-bond acceptors (Lipinski definition) is 8. The van der Waals surface area contributed by atoms with Crippen molar-refractivity contribution in [2.75, 3.05) is 45.3 Å². The van der Waals surface area contributed by atoms with E-state index >= 15 is 0 Å². The van der Waals surface area contributed by atoms with Gasteiger partial charge >= 0.3 is 0 Å². The second kappa shape index (κ2) is 11.3. The highest BCUT2D eigenvalue weighted by atomic mass is 35.5. The van der Waals surface area contributed by atoms with Gasteiger partial charge in [-0.2, -0.15) is 5.26 Å². The van der Waals surface area contributed by atoms with Crippen molar-refractivity contribution in [2.24, 2.45) is 5.92 Å². The van der Waals surface area contributed by atoms with E-state index in [1.54, 1.807) is 12.5 Å². The highest BCUT2D eigenvalue weighted by Crippen LogP contribution is 2.42. The van der Waals surface area contributed by atoms with Gasteiger partial charge in [0.2, 0.25) is 0 Å². The molecule has 0 amide bonds. The number of halogens is 1. The summed E-state index contributed by atoms with van der Waals surface area (Å²) in [6.45, 7) is 4.12. The highest BCUT2D eigenvalue weighted by molar-refractivity contribution is 6.35. The Labute approximate surface area is 232 Å². The van der Waals surface area contributed by atoms with E-state index in [1.165, 1.54) is 0 Å². The number of nitrogens with one attached hydrogen (secondary N) is 1. The molecule has 0 unspecified atom stereocenters. The first kappa shape index (κ1) is 25.8. The number of hydrogen-bond donors (Lipinski definition) is 1. The monoisotopic (exact) mass is 546 g/mol. The minimum atomic E-state index is -0.0123. The topological polar surface area (TPSA) is 92.8 Å². The Hall–Kier alpha value is -3.51. The maximum absolute atomic E-state index is 10.0. The predicted molar refractivity (Wildman–Crippen MR) is 151 cm³/mol. The summed E-state index contributed by atoms with van der Waals surface area (Å²) in [5.74, 6) is 1.84. The third kappa shape index (κ3) is 5.48. The van der Waals surface area contributed by atoms with Gasteiger partial charge in [-0.15, -0.1) is 0 Å². The van der Waals surface area contributed by atoms with Crippen LogP contribution in [0.4, 0.5) is 11.4 Å². The molecule has 0 spiro atoms. The molecule has 4 heterocycles. The van der Waals surface area contributed by atoms with Gasteiger partial charge in [-0.05, 0) is 57.1 Å². The fourth-order valence-corrected chi connectivity index (χ4v) is 5.52. The first-order valence-electron chi connectivity index (χ1n) is 13.4. The Morgan fingerprint density at radius 2 is 1.95 bits per heavy atom. The molecule has 0 atom stereocenters. The van der Waals surface area contributed by atoms with Crippen LogP contribution in [-0.2, 0) is 4.74 Å². The molecule has 1 N–H and O–H groups in total. The van der Waals surface area contributed by atoms with Gasteiger partial charge in [0.15, 0.2) is 5.58 Å². The lowest BCUT2D eigenvalue weighted by Gasteiger charge is -2.29. The molecule has 0 radical (unpaired) electrons. The Kier molecular flexibility index (Phi) is 7.47. The zero-order valence-corrected chi connectivity index (χ0v) is 22.7. The summed E-state index contributed by atoms with van der Waals surface area (Å²) in [5, 5.41) is 15.5. The largest absolute Gasteiger partial charge is 0.493 e. The van der Waals surface area contributed by atoms with Crippen molar-refractivity contribution < 1.29 is 18.6 Å². The Balaban J connectivity index is 1.41. The summed E-state index contributed by atoms with van der Waals surface area (Å²) in [6, 6.07) is 11.7. The number of pyridine rings is 1. The lowest BCUT2D eigenvalue weighted by atomic mass is 9.98. The fraction of sp³-hybridized carbons (Fsp3) is 0.400. The molecular formula is C30H31ClN4O4. The van der Waals surface area contributed by atoms with Crippen molar-refractivity contribution in [3.8, 4) is 17.6 Å². The molecule has 9 heteroatoms. The van der Waals surface area contributed by atoms with E-state index in [0.29, 0.717) is 75.7 Å². The van der Waals surface area contributed by atoms with E-state index in [9.17, 15) is 5.26 Å². The molecule has 2 saturated heterocycles. The van der Waals surface area contributed by atoms with E-state index in [2.05, 4.69) is 28.3 Å². The van der Waals surface area contributed by atoms with Crippen molar-refractivity contribution >= 4 is 44.8 Å². The van der Waals surface area contributed by atoms with E-state index in [0.717, 1.165) is 44.2 Å². The summed E-state index contributed by atoms with van der Waals surface area (Å²) in [7, 11) is 2.16. The van der Waals surface area contributed by atoms with Gasteiger partial charge in [-0.1, -0.05) is 11.6 Å². The van der Waals surface area contributed by atoms with Gasteiger partial charge in [0.25, 0.3) is 0 Å². The second-order valence-corrected chi connectivity index (χ2v) is 10.8. The number of anilines is 2. The first-order chi connectivity index (χ1) is 19.1. The van der Waals surface area contributed by atoms with Crippen LogP contribution in [0, 0.1) is 17.2 Å². The van der Waals surface area contributed by atoms with Crippen LogP contribution >= 0.6 is 11.6 Å². The standard InChI is InChI=1S/C30H31ClN4O4/c1-35-9-4-19(5-10-35)18-38-23-14-25-27(26(15-23)39-22-7-11-36-12-8-22)28(21(16-32)17-33-25)34-29-24(31)3-2-20-6-13-37-30(20)29/h2-3,6,13-15,17,19,22H,4-5,7-12,18H2,1H3,(H,33,34). The van der Waals surface area contributed by atoms with Gasteiger partial charge in [-0.25, -0.2) is 0 Å². The summed E-state index contributed by atoms with van der Waals surface area (Å²) < 4.78 is 24.2. The van der Waals surface area contributed by atoms with Crippen LogP contribution in [0.3, 0.4) is 0 Å². The van der Waals surface area contributed by atoms with Crippen molar-refractivity contribution in [3.63, 3.8) is 0 Å². The Bertz CT molecular complexity index is 1520.